The number of hydrogen-bond donors (Lipinski definition) is 1. The Kier molecular flexibility index (Phi) is 3.71. The molecule has 20 heavy (non-hydrogen) atoms. The molecular formula is C13H12N2O4S. The highest BCUT2D eigenvalue weighted by molar-refractivity contribution is 7.92. The first kappa shape index (κ1) is 14.0. The Balaban J connectivity index is 2.35. The van der Waals surface area contributed by atoms with Gasteiger partial charge in [-0.3, -0.25) is 14.8 Å². The topological polar surface area (TPSA) is 89.3 Å². The fourth-order valence-electron chi connectivity index (χ4n) is 1.69. The molecule has 0 saturated heterocycles. The number of non-ortho nitro benzene ring substituents is 1. The molecule has 104 valence electrons. The molecule has 7 heteroatoms. The molecule has 0 amide bonds. The van der Waals surface area contributed by atoms with E-state index in [4.69, 9.17) is 0 Å². The monoisotopic (exact) mass is 292 g/mol. The van der Waals surface area contributed by atoms with Crippen LogP contribution in [0.25, 0.3) is 0 Å². The van der Waals surface area contributed by atoms with E-state index in [2.05, 4.69) is 4.72 Å². The van der Waals surface area contributed by atoms with Gasteiger partial charge in [-0.2, -0.15) is 0 Å². The third kappa shape index (κ3) is 3.12. The minimum atomic E-state index is -3.84. The number of nitrogens with one attached hydrogen (secondary N) is 1. The molecule has 0 fully saturated rings. The number of rotatable bonds is 4. The summed E-state index contributed by atoms with van der Waals surface area (Å²) < 4.78 is 26.7. The van der Waals surface area contributed by atoms with E-state index in [9.17, 15) is 18.5 Å². The predicted octanol–water partition coefficient (Wildman–Crippen LogP) is 2.70. The summed E-state index contributed by atoms with van der Waals surface area (Å²) in [4.78, 5) is 9.89. The Morgan fingerprint density at radius 1 is 1.10 bits per heavy atom. The van der Waals surface area contributed by atoms with Gasteiger partial charge in [0.15, 0.2) is 0 Å². The van der Waals surface area contributed by atoms with Gasteiger partial charge in [-0.25, -0.2) is 8.42 Å². The molecule has 2 aromatic rings. The van der Waals surface area contributed by atoms with Crippen LogP contribution in [0.1, 0.15) is 5.56 Å². The van der Waals surface area contributed by atoms with E-state index >= 15 is 0 Å². The summed E-state index contributed by atoms with van der Waals surface area (Å²) in [5.74, 6) is 0. The fourth-order valence-corrected chi connectivity index (χ4v) is 2.78. The number of anilines is 1. The molecule has 2 aromatic carbocycles. The van der Waals surface area contributed by atoms with Crippen LogP contribution < -0.4 is 4.72 Å². The van der Waals surface area contributed by atoms with Gasteiger partial charge in [-0.15, -0.1) is 0 Å². The first-order chi connectivity index (χ1) is 9.38. The molecule has 1 N–H and O–H groups in total. The molecule has 6 nitrogen and oxygen atoms in total. The minimum Gasteiger partial charge on any atom is -0.280 e. The minimum absolute atomic E-state index is 0.145. The summed E-state index contributed by atoms with van der Waals surface area (Å²) >= 11 is 0. The van der Waals surface area contributed by atoms with Gasteiger partial charge >= 0.3 is 0 Å². The lowest BCUT2D eigenvalue weighted by molar-refractivity contribution is -0.385. The summed E-state index contributed by atoms with van der Waals surface area (Å²) in [6.07, 6.45) is 0. The maximum atomic E-state index is 12.2. The number of benzene rings is 2. The first-order valence-corrected chi connectivity index (χ1v) is 7.21. The maximum Gasteiger partial charge on any atom is 0.270 e. The number of nitrogens with zero attached hydrogens (tertiary/aromatic N) is 1. The number of sulfonamides is 1. The van der Waals surface area contributed by atoms with Crippen LogP contribution in [0.4, 0.5) is 11.4 Å². The molecule has 2 rings (SSSR count). The van der Waals surface area contributed by atoms with Crippen LogP contribution in [0.2, 0.25) is 0 Å². The van der Waals surface area contributed by atoms with Gasteiger partial charge in [0.25, 0.3) is 15.7 Å². The third-order valence-corrected chi connectivity index (χ3v) is 3.99. The average molecular weight is 292 g/mol. The van der Waals surface area contributed by atoms with Crippen LogP contribution in [0, 0.1) is 17.0 Å². The van der Waals surface area contributed by atoms with Crippen molar-refractivity contribution in [2.24, 2.45) is 0 Å². The Labute approximate surface area is 116 Å². The van der Waals surface area contributed by atoms with Crippen molar-refractivity contribution in [3.63, 3.8) is 0 Å². The smallest absolute Gasteiger partial charge is 0.270 e. The molecular weight excluding hydrogens is 280 g/mol. The molecule has 0 aliphatic heterocycles. The predicted molar refractivity (Wildman–Crippen MR) is 75.1 cm³/mol. The summed E-state index contributed by atoms with van der Waals surface area (Å²) in [7, 11) is -3.84. The lowest BCUT2D eigenvalue weighted by atomic mass is 10.2. The Hall–Kier alpha value is -2.41. The number of aryl methyl sites for hydroxylation is 1. The van der Waals surface area contributed by atoms with E-state index in [0.29, 0.717) is 5.69 Å². The molecule has 0 aliphatic carbocycles. The number of hydrogen-bond acceptors (Lipinski definition) is 4. The van der Waals surface area contributed by atoms with Crippen molar-refractivity contribution in [1.29, 1.82) is 0 Å². The van der Waals surface area contributed by atoms with Crippen LogP contribution >= 0.6 is 0 Å². The molecule has 0 atom stereocenters. The van der Waals surface area contributed by atoms with Gasteiger partial charge in [-0.05, 0) is 30.7 Å². The van der Waals surface area contributed by atoms with E-state index < -0.39 is 14.9 Å². The van der Waals surface area contributed by atoms with Gasteiger partial charge < -0.3 is 0 Å². The van der Waals surface area contributed by atoms with Gasteiger partial charge in [-0.1, -0.05) is 18.2 Å². The van der Waals surface area contributed by atoms with Crippen LogP contribution in [0.5, 0.6) is 0 Å². The van der Waals surface area contributed by atoms with Crippen molar-refractivity contribution >= 4 is 21.4 Å². The average Bonchev–Trinajstić information content (AvgIpc) is 2.38. The van der Waals surface area contributed by atoms with Crippen LogP contribution in [0.15, 0.2) is 53.4 Å². The van der Waals surface area contributed by atoms with E-state index in [-0.39, 0.29) is 10.6 Å². The summed E-state index contributed by atoms with van der Waals surface area (Å²) in [5, 5.41) is 10.7. The standard InChI is InChI=1S/C13H12N2O4S/c1-10-4-2-5-11(8-10)14-20(18,19)13-7-3-6-12(9-13)15(16)17/h2-9,14H,1H3. The fraction of sp³-hybridized carbons (Fsp3) is 0.0769. The zero-order chi connectivity index (χ0) is 14.8. The van der Waals surface area contributed by atoms with Crippen molar-refractivity contribution in [1.82, 2.24) is 0 Å². The highest BCUT2D eigenvalue weighted by atomic mass is 32.2. The van der Waals surface area contributed by atoms with Gasteiger partial charge in [0.05, 0.1) is 9.82 Å². The second-order valence-corrected chi connectivity index (χ2v) is 5.91. The highest BCUT2D eigenvalue weighted by Gasteiger charge is 2.17. The second kappa shape index (κ2) is 5.30. The number of nitro groups is 1. The zero-order valence-electron chi connectivity index (χ0n) is 10.6. The summed E-state index contributed by atoms with van der Waals surface area (Å²) in [5.41, 5.74) is 1.05. The zero-order valence-corrected chi connectivity index (χ0v) is 11.4. The Bertz CT molecular complexity index is 756. The second-order valence-electron chi connectivity index (χ2n) is 4.23. The lowest BCUT2D eigenvalue weighted by Gasteiger charge is -2.08. The van der Waals surface area contributed by atoms with E-state index in [1.165, 1.54) is 18.2 Å². The Morgan fingerprint density at radius 2 is 1.80 bits per heavy atom. The van der Waals surface area contributed by atoms with Gasteiger partial charge in [0, 0.05) is 17.8 Å². The van der Waals surface area contributed by atoms with Crippen molar-refractivity contribution in [3.05, 3.63) is 64.2 Å². The van der Waals surface area contributed by atoms with E-state index in [1.54, 1.807) is 18.2 Å². The van der Waals surface area contributed by atoms with Crippen molar-refractivity contribution in [3.8, 4) is 0 Å². The van der Waals surface area contributed by atoms with Crippen LogP contribution in [-0.4, -0.2) is 13.3 Å². The SMILES string of the molecule is Cc1cccc(NS(=O)(=O)c2cccc([N+](=O)[O-])c2)c1. The van der Waals surface area contributed by atoms with Crippen LogP contribution in [0.3, 0.4) is 0 Å². The summed E-state index contributed by atoms with van der Waals surface area (Å²) in [6.45, 7) is 1.84. The molecule has 0 aliphatic rings. The van der Waals surface area contributed by atoms with Crippen molar-refractivity contribution in [2.45, 2.75) is 11.8 Å². The Morgan fingerprint density at radius 3 is 2.45 bits per heavy atom. The van der Waals surface area contributed by atoms with Crippen molar-refractivity contribution in [2.75, 3.05) is 4.72 Å². The summed E-state index contributed by atoms with van der Waals surface area (Å²) in [6, 6.07) is 11.8. The van der Waals surface area contributed by atoms with Gasteiger partial charge in [0.1, 0.15) is 0 Å². The molecule has 0 unspecified atom stereocenters. The van der Waals surface area contributed by atoms with E-state index in [0.717, 1.165) is 11.6 Å². The number of nitro benzene ring substituents is 1. The van der Waals surface area contributed by atoms with E-state index in [1.807, 2.05) is 13.0 Å². The highest BCUT2D eigenvalue weighted by Crippen LogP contribution is 2.20. The molecule has 0 bridgehead atoms. The molecule has 0 radical (unpaired) electrons. The molecule has 0 saturated carbocycles. The third-order valence-electron chi connectivity index (χ3n) is 2.61. The molecule has 0 aromatic heterocycles. The first-order valence-electron chi connectivity index (χ1n) is 5.72. The normalized spacial score (nSPS) is 11.1. The van der Waals surface area contributed by atoms with Crippen LogP contribution in [-0.2, 0) is 10.0 Å². The lowest BCUT2D eigenvalue weighted by Crippen LogP contribution is -2.13. The largest absolute Gasteiger partial charge is 0.280 e. The maximum absolute atomic E-state index is 12.2. The quantitative estimate of drug-likeness (QED) is 0.693. The molecule has 0 heterocycles. The van der Waals surface area contributed by atoms with Gasteiger partial charge in [0.2, 0.25) is 0 Å². The molecule has 0 spiro atoms. The van der Waals surface area contributed by atoms with Crippen molar-refractivity contribution < 1.29 is 13.3 Å².